The number of anilines is 2. The van der Waals surface area contributed by atoms with E-state index in [1.807, 2.05) is 24.3 Å². The maximum atomic E-state index is 13.7. The molecule has 1 aromatic heterocycles. The lowest BCUT2D eigenvalue weighted by Gasteiger charge is -2.36. The SMILES string of the molecule is CC1(C)CCC(CN2CC=C(c3ccc(C(=O)NSc4ccc(NCC5CCOCC5)c([N+](=O)[O-])c4)c(Oc4ccc(N)nc4)c3)CC2)=C(c2ccc(Cl)cc2)C1. The Kier molecular flexibility index (Phi) is 12.8. The lowest BCUT2D eigenvalue weighted by Crippen LogP contribution is -2.32. The molecule has 4 N–H and O–H groups in total. The maximum Gasteiger partial charge on any atom is 0.293 e. The number of carbonyl (C=O) groups excluding carboxylic acids is 1. The largest absolute Gasteiger partial charge is 0.455 e. The molecule has 0 saturated carbocycles. The first-order valence-corrected chi connectivity index (χ1v) is 20.7. The quantitative estimate of drug-likeness (QED) is 0.0678. The number of hydrogen-bond acceptors (Lipinski definition) is 10. The van der Waals surface area contributed by atoms with Gasteiger partial charge in [-0.2, -0.15) is 0 Å². The summed E-state index contributed by atoms with van der Waals surface area (Å²) in [7, 11) is 0. The Hall–Kier alpha value is -4.88. The van der Waals surface area contributed by atoms with Crippen LogP contribution in [-0.2, 0) is 4.74 Å². The molecule has 1 saturated heterocycles. The number of nitrogens with one attached hydrogen (secondary N) is 2. The number of carbonyl (C=O) groups is 1. The number of nitrogen functional groups attached to an aromatic ring is 1. The average Bonchev–Trinajstić information content (AvgIpc) is 3.21. The van der Waals surface area contributed by atoms with Crippen LogP contribution in [0.2, 0.25) is 5.02 Å². The second-order valence-corrected chi connectivity index (χ2v) is 17.1. The minimum Gasteiger partial charge on any atom is -0.455 e. The van der Waals surface area contributed by atoms with E-state index in [1.165, 1.54) is 41.0 Å². The number of pyridine rings is 1. The number of nitro benzene ring substituents is 1. The topological polar surface area (TPSA) is 145 Å². The van der Waals surface area contributed by atoms with Crippen LogP contribution in [0, 0.1) is 21.4 Å². The average molecular weight is 809 g/mol. The molecule has 3 aromatic carbocycles. The van der Waals surface area contributed by atoms with Crippen molar-refractivity contribution in [3.8, 4) is 11.5 Å². The molecule has 0 unspecified atom stereocenters. The Balaban J connectivity index is 1.06. The van der Waals surface area contributed by atoms with E-state index in [9.17, 15) is 14.9 Å². The highest BCUT2D eigenvalue weighted by Gasteiger charge is 2.29. The maximum absolute atomic E-state index is 13.7. The van der Waals surface area contributed by atoms with E-state index in [0.29, 0.717) is 59.1 Å². The Bertz CT molecular complexity index is 2150. The summed E-state index contributed by atoms with van der Waals surface area (Å²) < 4.78 is 14.6. The van der Waals surface area contributed by atoms with Gasteiger partial charge in [0.15, 0.2) is 0 Å². The standard InChI is InChI=1S/C44H49ClN6O5S/c1-44(2)18-13-33(38(25-44)31-3-6-34(45)7-4-31)28-50-19-14-30(15-20-50)32-5-10-37(41(23-32)56-35-8-12-42(46)48-27-35)43(52)49-57-36-9-11-39(40(24-36)51(53)54)47-26-29-16-21-55-22-17-29/h3-12,14,23-24,27,29,47H,13,15-22,25-26,28H2,1-2H3,(H2,46,48)(H,49,52). The first kappa shape index (κ1) is 40.3. The van der Waals surface area contributed by atoms with E-state index in [2.05, 4.69) is 52.0 Å². The first-order valence-electron chi connectivity index (χ1n) is 19.5. The summed E-state index contributed by atoms with van der Waals surface area (Å²) in [5, 5.41) is 16.0. The molecule has 0 bridgehead atoms. The van der Waals surface area contributed by atoms with Crippen molar-refractivity contribution in [3.05, 3.63) is 122 Å². The molecule has 2 aliphatic heterocycles. The number of aromatic nitrogens is 1. The van der Waals surface area contributed by atoms with Crippen LogP contribution in [0.1, 0.15) is 73.9 Å². The van der Waals surface area contributed by atoms with Crippen molar-refractivity contribution in [2.24, 2.45) is 11.3 Å². The van der Waals surface area contributed by atoms with Gasteiger partial charge in [0.2, 0.25) is 0 Å². The Morgan fingerprint density at radius 3 is 2.58 bits per heavy atom. The minimum absolute atomic E-state index is 0.0498. The van der Waals surface area contributed by atoms with E-state index in [-0.39, 0.29) is 11.1 Å². The highest BCUT2D eigenvalue weighted by atomic mass is 35.5. The summed E-state index contributed by atoms with van der Waals surface area (Å²) >= 11 is 7.25. The van der Waals surface area contributed by atoms with Gasteiger partial charge in [-0.25, -0.2) is 4.98 Å². The Morgan fingerprint density at radius 2 is 1.86 bits per heavy atom. The monoisotopic (exact) mass is 808 g/mol. The number of allylic oxidation sites excluding steroid dienone is 1. The number of amides is 1. The number of halogens is 1. The van der Waals surface area contributed by atoms with Crippen LogP contribution in [0.5, 0.6) is 11.5 Å². The summed E-state index contributed by atoms with van der Waals surface area (Å²) in [6.45, 7) is 9.38. The summed E-state index contributed by atoms with van der Waals surface area (Å²) in [5.74, 6) is 1.15. The van der Waals surface area contributed by atoms with Crippen molar-refractivity contribution < 1.29 is 19.2 Å². The molecular formula is C44H49ClN6O5S. The van der Waals surface area contributed by atoms with Crippen molar-refractivity contribution in [1.29, 1.82) is 0 Å². The van der Waals surface area contributed by atoms with Gasteiger partial charge in [0.25, 0.3) is 11.6 Å². The lowest BCUT2D eigenvalue weighted by atomic mass is 9.72. The number of nitrogens with zero attached hydrogens (tertiary/aromatic N) is 3. The highest BCUT2D eigenvalue weighted by Crippen LogP contribution is 2.44. The van der Waals surface area contributed by atoms with Crippen LogP contribution in [-0.4, -0.2) is 60.1 Å². The molecule has 57 heavy (non-hydrogen) atoms. The van der Waals surface area contributed by atoms with Crippen molar-refractivity contribution in [2.75, 3.05) is 50.4 Å². The number of ether oxygens (including phenoxy) is 2. The lowest BCUT2D eigenvalue weighted by molar-refractivity contribution is -0.384. The molecule has 4 aromatic rings. The third-order valence-electron chi connectivity index (χ3n) is 11.0. The minimum atomic E-state index is -0.408. The molecule has 0 spiro atoms. The van der Waals surface area contributed by atoms with Gasteiger partial charge in [0.1, 0.15) is 23.0 Å². The normalized spacial score (nSPS) is 17.5. The molecule has 298 valence electrons. The predicted molar refractivity (Wildman–Crippen MR) is 229 cm³/mol. The van der Waals surface area contributed by atoms with Gasteiger partial charge in [-0.05, 0) is 133 Å². The zero-order chi connectivity index (χ0) is 39.9. The molecule has 13 heteroatoms. The molecule has 3 aliphatic rings. The van der Waals surface area contributed by atoms with Crippen molar-refractivity contribution in [3.63, 3.8) is 0 Å². The molecule has 1 fully saturated rings. The van der Waals surface area contributed by atoms with Crippen LogP contribution in [0.4, 0.5) is 17.2 Å². The van der Waals surface area contributed by atoms with Gasteiger partial charge in [0.05, 0.1) is 16.7 Å². The number of benzene rings is 3. The first-order chi connectivity index (χ1) is 27.5. The van der Waals surface area contributed by atoms with Gasteiger partial charge in [-0.15, -0.1) is 0 Å². The fraction of sp³-hybridized carbons (Fsp3) is 0.364. The van der Waals surface area contributed by atoms with Gasteiger partial charge in [0, 0.05) is 55.4 Å². The van der Waals surface area contributed by atoms with Crippen molar-refractivity contribution in [2.45, 2.75) is 57.3 Å². The second-order valence-electron chi connectivity index (χ2n) is 15.8. The fourth-order valence-electron chi connectivity index (χ4n) is 7.66. The molecule has 0 radical (unpaired) electrons. The van der Waals surface area contributed by atoms with E-state index >= 15 is 0 Å². The summed E-state index contributed by atoms with van der Waals surface area (Å²) in [6.07, 6.45) is 9.77. The Morgan fingerprint density at radius 1 is 1.07 bits per heavy atom. The van der Waals surface area contributed by atoms with E-state index in [1.54, 1.807) is 30.3 Å². The van der Waals surface area contributed by atoms with Crippen molar-refractivity contribution >= 4 is 57.8 Å². The van der Waals surface area contributed by atoms with Gasteiger partial charge in [-0.3, -0.25) is 24.5 Å². The molecule has 1 aliphatic carbocycles. The van der Waals surface area contributed by atoms with Gasteiger partial charge >= 0.3 is 0 Å². The smallest absolute Gasteiger partial charge is 0.293 e. The second kappa shape index (κ2) is 18.1. The fourth-order valence-corrected chi connectivity index (χ4v) is 8.42. The third-order valence-corrected chi connectivity index (χ3v) is 12.0. The number of rotatable bonds is 13. The number of nitrogens with two attached hydrogens (primary N) is 1. The third kappa shape index (κ3) is 10.6. The highest BCUT2D eigenvalue weighted by molar-refractivity contribution is 7.98. The van der Waals surface area contributed by atoms with Crippen LogP contribution in [0.15, 0.2) is 95.5 Å². The summed E-state index contributed by atoms with van der Waals surface area (Å²) in [6, 6.07) is 22.1. The van der Waals surface area contributed by atoms with Crippen molar-refractivity contribution in [1.82, 2.24) is 14.6 Å². The molecule has 7 rings (SSSR count). The zero-order valence-corrected chi connectivity index (χ0v) is 34.0. The molecule has 11 nitrogen and oxygen atoms in total. The number of nitro groups is 1. The van der Waals surface area contributed by atoms with E-state index < -0.39 is 10.8 Å². The molecule has 0 atom stereocenters. The van der Waals surface area contributed by atoms with Crippen LogP contribution >= 0.6 is 23.5 Å². The molecule has 3 heterocycles. The Labute approximate surface area is 343 Å². The molecular weight excluding hydrogens is 760 g/mol. The van der Waals surface area contributed by atoms with Crippen LogP contribution < -0.4 is 20.5 Å². The molecule has 1 amide bonds. The van der Waals surface area contributed by atoms with Crippen LogP contribution in [0.3, 0.4) is 0 Å². The van der Waals surface area contributed by atoms with E-state index in [0.717, 1.165) is 74.3 Å². The predicted octanol–water partition coefficient (Wildman–Crippen LogP) is 10.0. The van der Waals surface area contributed by atoms with E-state index in [4.69, 9.17) is 26.8 Å². The zero-order valence-electron chi connectivity index (χ0n) is 32.4. The summed E-state index contributed by atoms with van der Waals surface area (Å²) in [4.78, 5) is 32.5. The number of hydrogen-bond donors (Lipinski definition) is 3. The van der Waals surface area contributed by atoms with Gasteiger partial charge in [-0.1, -0.05) is 55.3 Å². The summed E-state index contributed by atoms with van der Waals surface area (Å²) in [5.41, 5.74) is 13.1. The van der Waals surface area contributed by atoms with Crippen LogP contribution in [0.25, 0.3) is 11.1 Å². The van der Waals surface area contributed by atoms with Gasteiger partial charge < -0.3 is 20.5 Å².